The number of amides is 1. The zero-order valence-electron chi connectivity index (χ0n) is 14.4. The Morgan fingerprint density at radius 1 is 1.04 bits per heavy atom. The summed E-state index contributed by atoms with van der Waals surface area (Å²) in [7, 11) is 0. The van der Waals surface area contributed by atoms with Gasteiger partial charge in [0.2, 0.25) is 5.91 Å². The first-order valence-corrected chi connectivity index (χ1v) is 9.24. The van der Waals surface area contributed by atoms with E-state index in [-0.39, 0.29) is 0 Å². The van der Waals surface area contributed by atoms with E-state index in [0.29, 0.717) is 17.4 Å². The minimum absolute atomic E-state index is 0.361. The van der Waals surface area contributed by atoms with Crippen molar-refractivity contribution in [1.29, 1.82) is 5.26 Å². The monoisotopic (exact) mass is 325 g/mol. The molecule has 1 aromatic rings. The zero-order chi connectivity index (χ0) is 16.8. The first-order valence-electron chi connectivity index (χ1n) is 9.24. The molecule has 0 atom stereocenters. The van der Waals surface area contributed by atoms with E-state index >= 15 is 0 Å². The predicted octanol–water partition coefficient (Wildman–Crippen LogP) is 3.17. The number of rotatable bonds is 4. The van der Waals surface area contributed by atoms with Gasteiger partial charge in [0.1, 0.15) is 0 Å². The maximum atomic E-state index is 12.5. The third-order valence-electron chi connectivity index (χ3n) is 5.40. The molecule has 3 rings (SSSR count). The number of piperazine rings is 1. The molecule has 0 bridgehead atoms. The summed E-state index contributed by atoms with van der Waals surface area (Å²) < 4.78 is 0. The molecule has 0 spiro atoms. The first kappa shape index (κ1) is 17.0. The standard InChI is InChI=1S/C20H27N3O/c21-15-18-6-8-19(9-7-18)16-22-10-12-23(13-11-22)20(24)14-17-4-2-1-3-5-17/h6-9,17H,1-5,10-14,16H2. The van der Waals surface area contributed by atoms with Crippen molar-refractivity contribution in [1.82, 2.24) is 9.80 Å². The van der Waals surface area contributed by atoms with Gasteiger partial charge in [0.05, 0.1) is 11.6 Å². The molecule has 24 heavy (non-hydrogen) atoms. The summed E-state index contributed by atoms with van der Waals surface area (Å²) in [6.07, 6.45) is 7.19. The van der Waals surface area contributed by atoms with Gasteiger partial charge in [-0.3, -0.25) is 9.69 Å². The second-order valence-electron chi connectivity index (χ2n) is 7.17. The predicted molar refractivity (Wildman–Crippen MR) is 94.2 cm³/mol. The maximum Gasteiger partial charge on any atom is 0.222 e. The normalized spacial score (nSPS) is 19.9. The van der Waals surface area contributed by atoms with E-state index in [4.69, 9.17) is 5.26 Å². The molecule has 2 fully saturated rings. The van der Waals surface area contributed by atoms with Crippen LogP contribution >= 0.6 is 0 Å². The highest BCUT2D eigenvalue weighted by Crippen LogP contribution is 2.27. The van der Waals surface area contributed by atoms with Crippen molar-refractivity contribution >= 4 is 5.91 Å². The molecule has 4 heteroatoms. The van der Waals surface area contributed by atoms with Crippen LogP contribution in [0.4, 0.5) is 0 Å². The van der Waals surface area contributed by atoms with Crippen molar-refractivity contribution in [3.8, 4) is 6.07 Å². The highest BCUT2D eigenvalue weighted by atomic mass is 16.2. The van der Waals surface area contributed by atoms with Gasteiger partial charge < -0.3 is 4.90 Å². The topological polar surface area (TPSA) is 47.3 Å². The molecule has 1 aliphatic carbocycles. The summed E-state index contributed by atoms with van der Waals surface area (Å²) >= 11 is 0. The van der Waals surface area contributed by atoms with E-state index in [1.807, 2.05) is 24.3 Å². The summed E-state index contributed by atoms with van der Waals surface area (Å²) in [4.78, 5) is 16.9. The Morgan fingerprint density at radius 3 is 2.33 bits per heavy atom. The minimum atomic E-state index is 0.361. The average molecular weight is 325 g/mol. The molecule has 2 aliphatic rings. The van der Waals surface area contributed by atoms with Crippen LogP contribution in [0.15, 0.2) is 24.3 Å². The van der Waals surface area contributed by atoms with Crippen LogP contribution in [0.5, 0.6) is 0 Å². The summed E-state index contributed by atoms with van der Waals surface area (Å²) in [5.74, 6) is 0.989. The molecule has 0 unspecified atom stereocenters. The Morgan fingerprint density at radius 2 is 1.71 bits per heavy atom. The van der Waals surface area contributed by atoms with Gasteiger partial charge in [-0.2, -0.15) is 5.26 Å². The Bertz CT molecular complexity index is 576. The van der Waals surface area contributed by atoms with Crippen LogP contribution in [0, 0.1) is 17.2 Å². The average Bonchev–Trinajstić information content (AvgIpc) is 2.64. The van der Waals surface area contributed by atoms with Crippen LogP contribution in [0.3, 0.4) is 0 Å². The van der Waals surface area contributed by atoms with Gasteiger partial charge in [-0.1, -0.05) is 31.4 Å². The Labute approximate surface area is 145 Å². The fraction of sp³-hybridized carbons (Fsp3) is 0.600. The molecule has 1 amide bonds. The van der Waals surface area contributed by atoms with E-state index in [1.54, 1.807) is 0 Å². The molecule has 1 aliphatic heterocycles. The van der Waals surface area contributed by atoms with Gasteiger partial charge >= 0.3 is 0 Å². The largest absolute Gasteiger partial charge is 0.340 e. The highest BCUT2D eigenvalue weighted by Gasteiger charge is 2.24. The molecule has 128 valence electrons. The van der Waals surface area contributed by atoms with Gasteiger partial charge in [0.15, 0.2) is 0 Å². The number of benzene rings is 1. The van der Waals surface area contributed by atoms with Crippen LogP contribution < -0.4 is 0 Å². The lowest BCUT2D eigenvalue weighted by Gasteiger charge is -2.35. The minimum Gasteiger partial charge on any atom is -0.340 e. The molecule has 0 N–H and O–H groups in total. The second kappa shape index (κ2) is 8.30. The van der Waals surface area contributed by atoms with E-state index in [0.717, 1.165) is 39.1 Å². The molecular formula is C20H27N3O. The maximum absolute atomic E-state index is 12.5. The zero-order valence-corrected chi connectivity index (χ0v) is 14.4. The van der Waals surface area contributed by atoms with E-state index in [9.17, 15) is 4.79 Å². The third-order valence-corrected chi connectivity index (χ3v) is 5.40. The van der Waals surface area contributed by atoms with Crippen molar-refractivity contribution < 1.29 is 4.79 Å². The van der Waals surface area contributed by atoms with Gasteiger partial charge in [-0.25, -0.2) is 0 Å². The molecule has 1 aromatic carbocycles. The van der Waals surface area contributed by atoms with Crippen LogP contribution in [-0.2, 0) is 11.3 Å². The molecule has 0 radical (unpaired) electrons. The number of nitrogens with zero attached hydrogens (tertiary/aromatic N) is 3. The van der Waals surface area contributed by atoms with Crippen LogP contribution in [0.2, 0.25) is 0 Å². The Kier molecular flexibility index (Phi) is 5.87. The van der Waals surface area contributed by atoms with Crippen LogP contribution in [0.1, 0.15) is 49.7 Å². The lowest BCUT2D eigenvalue weighted by Crippen LogP contribution is -2.48. The van der Waals surface area contributed by atoms with Crippen molar-refractivity contribution in [3.05, 3.63) is 35.4 Å². The summed E-state index contributed by atoms with van der Waals surface area (Å²) in [5.41, 5.74) is 1.94. The Balaban J connectivity index is 1.43. The lowest BCUT2D eigenvalue weighted by molar-refractivity contribution is -0.134. The highest BCUT2D eigenvalue weighted by molar-refractivity contribution is 5.76. The Hall–Kier alpha value is -1.86. The van der Waals surface area contributed by atoms with Crippen LogP contribution in [-0.4, -0.2) is 41.9 Å². The molecule has 4 nitrogen and oxygen atoms in total. The molecular weight excluding hydrogens is 298 g/mol. The fourth-order valence-corrected chi connectivity index (χ4v) is 3.87. The third kappa shape index (κ3) is 4.58. The molecule has 1 heterocycles. The van der Waals surface area contributed by atoms with E-state index < -0.39 is 0 Å². The number of carbonyl (C=O) groups excluding carboxylic acids is 1. The van der Waals surface area contributed by atoms with Gasteiger partial charge in [-0.15, -0.1) is 0 Å². The molecule has 1 saturated carbocycles. The number of carbonyl (C=O) groups is 1. The van der Waals surface area contributed by atoms with Crippen molar-refractivity contribution in [3.63, 3.8) is 0 Å². The number of hydrogen-bond acceptors (Lipinski definition) is 3. The quantitative estimate of drug-likeness (QED) is 0.854. The van der Waals surface area contributed by atoms with Crippen molar-refractivity contribution in [2.75, 3.05) is 26.2 Å². The molecule has 0 aromatic heterocycles. The van der Waals surface area contributed by atoms with Crippen LogP contribution in [0.25, 0.3) is 0 Å². The second-order valence-corrected chi connectivity index (χ2v) is 7.17. The summed E-state index contributed by atoms with van der Waals surface area (Å²) in [5, 5.41) is 8.85. The summed E-state index contributed by atoms with van der Waals surface area (Å²) in [6, 6.07) is 9.95. The smallest absolute Gasteiger partial charge is 0.222 e. The van der Waals surface area contributed by atoms with Crippen molar-refractivity contribution in [2.45, 2.75) is 45.1 Å². The van der Waals surface area contributed by atoms with Gasteiger partial charge in [0.25, 0.3) is 0 Å². The fourth-order valence-electron chi connectivity index (χ4n) is 3.87. The summed E-state index contributed by atoms with van der Waals surface area (Å²) in [6.45, 7) is 4.48. The number of hydrogen-bond donors (Lipinski definition) is 0. The lowest BCUT2D eigenvalue weighted by atomic mass is 9.86. The SMILES string of the molecule is N#Cc1ccc(CN2CCN(C(=O)CC3CCCCC3)CC2)cc1. The first-order chi connectivity index (χ1) is 11.7. The van der Waals surface area contributed by atoms with Crippen molar-refractivity contribution in [2.24, 2.45) is 5.92 Å². The van der Waals surface area contributed by atoms with Gasteiger partial charge in [0, 0.05) is 39.1 Å². The van der Waals surface area contributed by atoms with E-state index in [1.165, 1.54) is 37.7 Å². The van der Waals surface area contributed by atoms with Gasteiger partial charge in [-0.05, 0) is 36.5 Å². The number of nitriles is 1. The molecule has 1 saturated heterocycles. The van der Waals surface area contributed by atoms with E-state index in [2.05, 4.69) is 15.9 Å².